The van der Waals surface area contributed by atoms with E-state index in [1.165, 1.54) is 19.3 Å². The van der Waals surface area contributed by atoms with Crippen molar-refractivity contribution in [2.75, 3.05) is 55.1 Å². The molecule has 0 radical (unpaired) electrons. The third-order valence-electron chi connectivity index (χ3n) is 8.98. The van der Waals surface area contributed by atoms with E-state index in [1.807, 2.05) is 67.5 Å². The van der Waals surface area contributed by atoms with Crippen molar-refractivity contribution >= 4 is 44.3 Å². The molecule has 1 aromatic heterocycles. The number of nitrogens with one attached hydrogen (secondary N) is 4. The summed E-state index contributed by atoms with van der Waals surface area (Å²) in [5, 5.41) is 12.0. The minimum Gasteiger partial charge on any atom is -0.497 e. The molecule has 11 nitrogen and oxygen atoms in total. The van der Waals surface area contributed by atoms with Gasteiger partial charge in [0.25, 0.3) is 0 Å². The zero-order chi connectivity index (χ0) is 33.9. The largest absolute Gasteiger partial charge is 0.497 e. The van der Waals surface area contributed by atoms with Gasteiger partial charge in [0, 0.05) is 56.2 Å². The van der Waals surface area contributed by atoms with E-state index in [4.69, 9.17) is 14.7 Å². The van der Waals surface area contributed by atoms with Gasteiger partial charge in [0.1, 0.15) is 5.75 Å². The van der Waals surface area contributed by atoms with Gasteiger partial charge in [-0.05, 0) is 61.4 Å². The van der Waals surface area contributed by atoms with Crippen molar-refractivity contribution in [3.8, 4) is 5.75 Å². The summed E-state index contributed by atoms with van der Waals surface area (Å²) in [5.41, 5.74) is 2.08. The monoisotopic (exact) mass is 674 g/mol. The topological polar surface area (TPSA) is 133 Å². The fourth-order valence-electron chi connectivity index (χ4n) is 6.20. The van der Waals surface area contributed by atoms with Gasteiger partial charge in [-0.25, -0.2) is 13.1 Å². The number of methoxy groups -OCH3 is 1. The van der Waals surface area contributed by atoms with Crippen molar-refractivity contribution in [2.24, 2.45) is 5.92 Å². The van der Waals surface area contributed by atoms with Gasteiger partial charge in [-0.1, -0.05) is 69.0 Å². The highest BCUT2D eigenvalue weighted by Crippen LogP contribution is 2.30. The molecular weight excluding hydrogens is 625 g/mol. The molecule has 2 atom stereocenters. The molecule has 1 fully saturated rings. The van der Waals surface area contributed by atoms with E-state index in [0.29, 0.717) is 54.3 Å². The van der Waals surface area contributed by atoms with Gasteiger partial charge in [0.2, 0.25) is 27.9 Å². The van der Waals surface area contributed by atoms with Crippen LogP contribution < -0.4 is 30.3 Å². The summed E-state index contributed by atoms with van der Waals surface area (Å²) in [6.45, 7) is 3.96. The maximum atomic E-state index is 13.2. The number of nitrogens with zero attached hydrogens (tertiary/aromatic N) is 4. The lowest BCUT2D eigenvalue weighted by Crippen LogP contribution is -2.31. The van der Waals surface area contributed by atoms with Crippen LogP contribution in [0.2, 0.25) is 0 Å². The molecule has 1 aliphatic carbocycles. The first-order valence-electron chi connectivity index (χ1n) is 17.1. The normalized spacial score (nSPS) is 16.4. The molecule has 5 rings (SSSR count). The predicted molar refractivity (Wildman–Crippen MR) is 196 cm³/mol. The molecule has 258 valence electrons. The van der Waals surface area contributed by atoms with Crippen molar-refractivity contribution in [3.63, 3.8) is 0 Å². The standard InChI is InChI=1S/C36H50N8O3S/c1-26-13-7-8-16-31(26)40-36-42-34(41-35(43-36)38-25-27-19-21-28(47-4)22-20-27)37-23-9-5-6-10-24-39-48(45,46)33-18-12-14-29-30(33)15-11-17-32(29)44(2)3/h11-12,14-15,17-22,26,31,39H,5-10,13,16,23-25H2,1-4H3,(H3,37,38,40,41,42,43). The summed E-state index contributed by atoms with van der Waals surface area (Å²) in [6.07, 6.45) is 8.32. The summed E-state index contributed by atoms with van der Waals surface area (Å²) in [5.74, 6) is 3.02. The van der Waals surface area contributed by atoms with E-state index in [2.05, 4.69) is 32.6 Å². The second kappa shape index (κ2) is 16.8. The zero-order valence-corrected chi connectivity index (χ0v) is 29.4. The van der Waals surface area contributed by atoms with Crippen LogP contribution in [0.5, 0.6) is 5.75 Å². The fraction of sp³-hybridized carbons (Fsp3) is 0.472. The molecule has 1 heterocycles. The lowest BCUT2D eigenvalue weighted by atomic mass is 9.86. The van der Waals surface area contributed by atoms with E-state index < -0.39 is 10.0 Å². The quantitative estimate of drug-likeness (QED) is 0.0902. The second-order valence-corrected chi connectivity index (χ2v) is 14.5. The van der Waals surface area contributed by atoms with Crippen molar-refractivity contribution in [2.45, 2.75) is 75.8 Å². The molecule has 0 bridgehead atoms. The van der Waals surface area contributed by atoms with Crippen molar-refractivity contribution in [1.82, 2.24) is 19.7 Å². The first-order chi connectivity index (χ1) is 23.2. The molecule has 4 N–H and O–H groups in total. The summed E-state index contributed by atoms with van der Waals surface area (Å²) in [7, 11) is 1.95. The van der Waals surface area contributed by atoms with Crippen LogP contribution >= 0.6 is 0 Å². The third kappa shape index (κ3) is 9.47. The number of sulfonamides is 1. The van der Waals surface area contributed by atoms with Gasteiger partial charge in [-0.15, -0.1) is 0 Å². The van der Waals surface area contributed by atoms with Crippen molar-refractivity contribution in [3.05, 3.63) is 66.2 Å². The highest BCUT2D eigenvalue weighted by molar-refractivity contribution is 7.89. The highest BCUT2D eigenvalue weighted by Gasteiger charge is 2.22. The summed E-state index contributed by atoms with van der Waals surface area (Å²) in [4.78, 5) is 16.3. The molecular formula is C36H50N8O3S. The Kier molecular flexibility index (Phi) is 12.3. The van der Waals surface area contributed by atoms with E-state index in [9.17, 15) is 8.42 Å². The smallest absolute Gasteiger partial charge is 0.241 e. The number of unbranched alkanes of at least 4 members (excludes halogenated alkanes) is 3. The van der Waals surface area contributed by atoms with Crippen LogP contribution in [-0.2, 0) is 16.6 Å². The number of benzene rings is 3. The Morgan fingerprint density at radius 3 is 2.19 bits per heavy atom. The van der Waals surface area contributed by atoms with Crippen LogP contribution in [0.3, 0.4) is 0 Å². The number of fused-ring (bicyclic) bond motifs is 1. The molecule has 3 aromatic carbocycles. The molecule has 1 aliphatic rings. The third-order valence-corrected chi connectivity index (χ3v) is 10.5. The lowest BCUT2D eigenvalue weighted by molar-refractivity contribution is 0.348. The average molecular weight is 675 g/mol. The number of hydrogen-bond donors (Lipinski definition) is 4. The molecule has 0 aliphatic heterocycles. The first kappa shape index (κ1) is 35.2. The van der Waals surface area contributed by atoms with Crippen molar-refractivity contribution < 1.29 is 13.2 Å². The van der Waals surface area contributed by atoms with Gasteiger partial charge >= 0.3 is 0 Å². The maximum absolute atomic E-state index is 13.2. The van der Waals surface area contributed by atoms with Crippen LogP contribution in [0.4, 0.5) is 23.5 Å². The average Bonchev–Trinajstić information content (AvgIpc) is 3.09. The molecule has 1 saturated carbocycles. The van der Waals surface area contributed by atoms with Gasteiger partial charge in [0.05, 0.1) is 12.0 Å². The predicted octanol–water partition coefficient (Wildman–Crippen LogP) is 6.65. The Morgan fingerprint density at radius 2 is 1.46 bits per heavy atom. The molecule has 0 spiro atoms. The van der Waals surface area contributed by atoms with E-state index in [0.717, 1.165) is 59.9 Å². The summed E-state index contributed by atoms with van der Waals surface area (Å²) in [6, 6.07) is 19.5. The van der Waals surface area contributed by atoms with Gasteiger partial charge in [0.15, 0.2) is 0 Å². The molecule has 0 amide bonds. The summed E-state index contributed by atoms with van der Waals surface area (Å²) < 4.78 is 34.5. The van der Waals surface area contributed by atoms with Crippen LogP contribution in [-0.4, -0.2) is 63.7 Å². The number of rotatable bonds is 17. The Morgan fingerprint density at radius 1 is 0.792 bits per heavy atom. The van der Waals surface area contributed by atoms with Crippen LogP contribution in [0.15, 0.2) is 65.6 Å². The van der Waals surface area contributed by atoms with Gasteiger partial charge in [-0.2, -0.15) is 15.0 Å². The number of aromatic nitrogens is 3. The van der Waals surface area contributed by atoms with E-state index in [-0.39, 0.29) is 0 Å². The highest BCUT2D eigenvalue weighted by atomic mass is 32.2. The van der Waals surface area contributed by atoms with Crippen LogP contribution in [0.25, 0.3) is 10.8 Å². The van der Waals surface area contributed by atoms with Crippen molar-refractivity contribution in [1.29, 1.82) is 0 Å². The number of hydrogen-bond acceptors (Lipinski definition) is 10. The molecule has 12 heteroatoms. The van der Waals surface area contributed by atoms with Crippen LogP contribution in [0.1, 0.15) is 63.9 Å². The lowest BCUT2D eigenvalue weighted by Gasteiger charge is -2.29. The number of anilines is 4. The molecule has 4 aromatic rings. The van der Waals surface area contributed by atoms with Crippen LogP contribution in [0, 0.1) is 5.92 Å². The number of ether oxygens (including phenoxy) is 1. The second-order valence-electron chi connectivity index (χ2n) is 12.8. The SMILES string of the molecule is COc1ccc(CNc2nc(NCCCCCCNS(=O)(=O)c3cccc4c(N(C)C)cccc34)nc(NC3CCCCC3C)n2)cc1. The minimum atomic E-state index is -3.63. The Balaban J connectivity index is 1.11. The fourth-order valence-corrected chi connectivity index (χ4v) is 7.49. The summed E-state index contributed by atoms with van der Waals surface area (Å²) >= 11 is 0. The Labute approximate surface area is 285 Å². The Hall–Kier alpha value is -4.16. The van der Waals surface area contributed by atoms with E-state index in [1.54, 1.807) is 19.2 Å². The Bertz CT molecular complexity index is 1730. The molecule has 2 unspecified atom stereocenters. The maximum Gasteiger partial charge on any atom is 0.241 e. The van der Waals surface area contributed by atoms with E-state index >= 15 is 0 Å². The first-order valence-corrected chi connectivity index (χ1v) is 18.5. The molecule has 0 saturated heterocycles. The van der Waals surface area contributed by atoms with Gasteiger partial charge < -0.3 is 25.6 Å². The zero-order valence-electron chi connectivity index (χ0n) is 28.6. The van der Waals surface area contributed by atoms with Gasteiger partial charge in [-0.3, -0.25) is 0 Å². The minimum absolute atomic E-state index is 0.315. The molecule has 48 heavy (non-hydrogen) atoms.